The number of rotatable bonds is 8. The Labute approximate surface area is 147 Å². The largest absolute Gasteiger partial charge is 0.494 e. The summed E-state index contributed by atoms with van der Waals surface area (Å²) >= 11 is 0. The molecule has 25 heavy (non-hydrogen) atoms. The molecule has 0 unspecified atom stereocenters. The molecule has 0 aliphatic rings. The second-order valence-corrected chi connectivity index (χ2v) is 5.53. The second-order valence-electron chi connectivity index (χ2n) is 5.53. The first kappa shape index (κ1) is 18.8. The summed E-state index contributed by atoms with van der Waals surface area (Å²) < 4.78 is 15.9. The van der Waals surface area contributed by atoms with Crippen molar-refractivity contribution in [2.24, 2.45) is 0 Å². The third-order valence-corrected chi connectivity index (χ3v) is 3.73. The number of amides is 2. The number of methoxy groups -OCH3 is 1. The third kappa shape index (κ3) is 4.96. The number of urea groups is 1. The summed E-state index contributed by atoms with van der Waals surface area (Å²) in [5.41, 5.74) is 2.19. The van der Waals surface area contributed by atoms with Crippen molar-refractivity contribution in [3.8, 4) is 5.75 Å². The second kappa shape index (κ2) is 9.08. The highest BCUT2D eigenvalue weighted by atomic mass is 16.5. The van der Waals surface area contributed by atoms with Crippen molar-refractivity contribution in [3.63, 3.8) is 0 Å². The molecule has 7 heteroatoms. The first-order valence-electron chi connectivity index (χ1n) is 8.33. The van der Waals surface area contributed by atoms with Crippen LogP contribution in [-0.4, -0.2) is 31.5 Å². The zero-order chi connectivity index (χ0) is 18.2. The number of nitrogens with one attached hydrogen (secondary N) is 2. The van der Waals surface area contributed by atoms with Crippen LogP contribution in [0.5, 0.6) is 5.75 Å². The minimum absolute atomic E-state index is 0.286. The molecule has 0 aliphatic heterocycles. The molecule has 2 aromatic rings. The molecule has 0 bridgehead atoms. The van der Waals surface area contributed by atoms with Crippen molar-refractivity contribution in [1.29, 1.82) is 0 Å². The Hall–Kier alpha value is -2.54. The van der Waals surface area contributed by atoms with Crippen LogP contribution in [0.3, 0.4) is 0 Å². The van der Waals surface area contributed by atoms with E-state index in [1.165, 1.54) is 0 Å². The number of ether oxygens (including phenoxy) is 2. The molecule has 1 atom stereocenters. The average Bonchev–Trinajstić information content (AvgIpc) is 2.95. The molecule has 1 aromatic carbocycles. The Balaban J connectivity index is 2.07. The molecule has 0 aliphatic carbocycles. The van der Waals surface area contributed by atoms with Gasteiger partial charge in [-0.2, -0.15) is 0 Å². The Bertz CT molecular complexity index is 682. The maximum absolute atomic E-state index is 12.4. The Morgan fingerprint density at radius 1 is 1.28 bits per heavy atom. The van der Waals surface area contributed by atoms with Crippen molar-refractivity contribution in [2.75, 3.05) is 25.6 Å². The number of aryl methyl sites for hydroxylation is 2. The molecule has 136 valence electrons. The minimum Gasteiger partial charge on any atom is -0.494 e. The van der Waals surface area contributed by atoms with E-state index in [1.807, 2.05) is 38.1 Å². The SMILES string of the molecule is CCOc1ccc([C@@H](COC)NC(=O)Nc2c(C)noc2CC)cc1. The van der Waals surface area contributed by atoms with E-state index in [0.717, 1.165) is 11.3 Å². The lowest BCUT2D eigenvalue weighted by molar-refractivity contribution is 0.168. The monoisotopic (exact) mass is 347 g/mol. The van der Waals surface area contributed by atoms with Crippen molar-refractivity contribution in [2.45, 2.75) is 33.2 Å². The number of carbonyl (C=O) groups is 1. The number of hydrogen-bond acceptors (Lipinski definition) is 5. The molecule has 0 radical (unpaired) electrons. The van der Waals surface area contributed by atoms with Gasteiger partial charge < -0.3 is 24.6 Å². The molecule has 7 nitrogen and oxygen atoms in total. The van der Waals surface area contributed by atoms with E-state index in [9.17, 15) is 4.79 Å². The van der Waals surface area contributed by atoms with Crippen LogP contribution in [-0.2, 0) is 11.2 Å². The van der Waals surface area contributed by atoms with Crippen LogP contribution >= 0.6 is 0 Å². The summed E-state index contributed by atoms with van der Waals surface area (Å²) in [5, 5.41) is 9.62. The molecule has 1 aromatic heterocycles. The van der Waals surface area contributed by atoms with Crippen molar-refractivity contribution >= 4 is 11.7 Å². The molecule has 2 amide bonds. The van der Waals surface area contributed by atoms with Gasteiger partial charge in [0.05, 0.1) is 19.3 Å². The van der Waals surface area contributed by atoms with Crippen LogP contribution in [0.15, 0.2) is 28.8 Å². The van der Waals surface area contributed by atoms with Crippen LogP contribution in [0.25, 0.3) is 0 Å². The first-order valence-corrected chi connectivity index (χ1v) is 8.33. The standard InChI is InChI=1S/C18H25N3O4/c1-5-16-17(12(3)21-25-16)20-18(22)19-15(11-23-4)13-7-9-14(10-8-13)24-6-2/h7-10,15H,5-6,11H2,1-4H3,(H2,19,20,22)/t15-/m1/s1. The van der Waals surface area contributed by atoms with E-state index in [4.69, 9.17) is 14.0 Å². The minimum atomic E-state index is -0.336. The Morgan fingerprint density at radius 2 is 2.00 bits per heavy atom. The van der Waals surface area contributed by atoms with E-state index in [1.54, 1.807) is 14.0 Å². The fourth-order valence-electron chi connectivity index (χ4n) is 2.48. The van der Waals surface area contributed by atoms with Crippen LogP contribution in [0.1, 0.15) is 36.9 Å². The molecule has 0 saturated carbocycles. The molecule has 2 N–H and O–H groups in total. The molecular weight excluding hydrogens is 322 g/mol. The zero-order valence-electron chi connectivity index (χ0n) is 15.1. The van der Waals surface area contributed by atoms with E-state index in [0.29, 0.717) is 36.8 Å². The highest BCUT2D eigenvalue weighted by molar-refractivity contribution is 5.90. The number of aromatic nitrogens is 1. The first-order chi connectivity index (χ1) is 12.1. The molecule has 1 heterocycles. The predicted molar refractivity (Wildman–Crippen MR) is 95.0 cm³/mol. The summed E-state index contributed by atoms with van der Waals surface area (Å²) in [4.78, 5) is 12.4. The number of anilines is 1. The number of nitrogens with zero attached hydrogens (tertiary/aromatic N) is 1. The van der Waals surface area contributed by atoms with E-state index in [2.05, 4.69) is 15.8 Å². The van der Waals surface area contributed by atoms with Gasteiger partial charge in [0.2, 0.25) is 0 Å². The fraction of sp³-hybridized carbons (Fsp3) is 0.444. The third-order valence-electron chi connectivity index (χ3n) is 3.73. The van der Waals surface area contributed by atoms with Crippen LogP contribution < -0.4 is 15.4 Å². The maximum Gasteiger partial charge on any atom is 0.319 e. The zero-order valence-corrected chi connectivity index (χ0v) is 15.1. The van der Waals surface area contributed by atoms with E-state index >= 15 is 0 Å². The Kier molecular flexibility index (Phi) is 6.82. The summed E-state index contributed by atoms with van der Waals surface area (Å²) in [6, 6.07) is 6.96. The van der Waals surface area contributed by atoms with Gasteiger partial charge >= 0.3 is 6.03 Å². The molecular formula is C18H25N3O4. The number of benzene rings is 1. The molecule has 0 saturated heterocycles. The van der Waals surface area contributed by atoms with Crippen LogP contribution in [0.2, 0.25) is 0 Å². The number of hydrogen-bond donors (Lipinski definition) is 2. The number of carbonyl (C=O) groups excluding carboxylic acids is 1. The van der Waals surface area contributed by atoms with Crippen molar-refractivity contribution in [3.05, 3.63) is 41.3 Å². The van der Waals surface area contributed by atoms with Gasteiger partial charge in [0.25, 0.3) is 0 Å². The lowest BCUT2D eigenvalue weighted by Gasteiger charge is -2.19. The summed E-state index contributed by atoms with van der Waals surface area (Å²) in [7, 11) is 1.60. The van der Waals surface area contributed by atoms with Gasteiger partial charge in [0, 0.05) is 13.5 Å². The Morgan fingerprint density at radius 3 is 2.60 bits per heavy atom. The van der Waals surface area contributed by atoms with E-state index < -0.39 is 0 Å². The molecule has 0 spiro atoms. The molecule has 0 fully saturated rings. The molecule has 2 rings (SSSR count). The van der Waals surface area contributed by atoms with E-state index in [-0.39, 0.29) is 12.1 Å². The topological polar surface area (TPSA) is 85.6 Å². The summed E-state index contributed by atoms with van der Waals surface area (Å²) in [6.45, 7) is 6.63. The lowest BCUT2D eigenvalue weighted by atomic mass is 10.1. The average molecular weight is 347 g/mol. The van der Waals surface area contributed by atoms with Crippen molar-refractivity contribution < 1.29 is 18.8 Å². The summed E-state index contributed by atoms with van der Waals surface area (Å²) in [6.07, 6.45) is 0.650. The lowest BCUT2D eigenvalue weighted by Crippen LogP contribution is -2.35. The maximum atomic E-state index is 12.4. The van der Waals surface area contributed by atoms with Crippen LogP contribution in [0, 0.1) is 6.92 Å². The quantitative estimate of drug-likeness (QED) is 0.764. The van der Waals surface area contributed by atoms with Gasteiger partial charge in [-0.1, -0.05) is 24.2 Å². The van der Waals surface area contributed by atoms with Gasteiger partial charge in [-0.25, -0.2) is 4.79 Å². The normalized spacial score (nSPS) is 11.8. The van der Waals surface area contributed by atoms with Gasteiger partial charge in [-0.05, 0) is 31.5 Å². The van der Waals surface area contributed by atoms with Gasteiger partial charge in [0.15, 0.2) is 5.76 Å². The fourth-order valence-corrected chi connectivity index (χ4v) is 2.48. The van der Waals surface area contributed by atoms with Gasteiger partial charge in [-0.15, -0.1) is 0 Å². The van der Waals surface area contributed by atoms with Crippen LogP contribution in [0.4, 0.5) is 10.5 Å². The van der Waals surface area contributed by atoms with Crippen molar-refractivity contribution in [1.82, 2.24) is 10.5 Å². The summed E-state index contributed by atoms with van der Waals surface area (Å²) in [5.74, 6) is 1.44. The highest BCUT2D eigenvalue weighted by Gasteiger charge is 2.18. The van der Waals surface area contributed by atoms with Gasteiger partial charge in [-0.3, -0.25) is 0 Å². The predicted octanol–water partition coefficient (Wildman–Crippen LogP) is 3.45. The smallest absolute Gasteiger partial charge is 0.319 e. The van der Waals surface area contributed by atoms with Gasteiger partial charge in [0.1, 0.15) is 17.1 Å². The highest BCUT2D eigenvalue weighted by Crippen LogP contribution is 2.22.